The number of rotatable bonds is 7. The standard InChI is InChI=1S/C17H19Cl2NO5/c1-2-5-25-17(24)15-14(18)13(16(19)20-15)10-4-3-9(6-21)11(7-22)12(10)8-23/h3-4,20-23H,2,5-8H2,1H3. The lowest BCUT2D eigenvalue weighted by Crippen LogP contribution is -2.07. The molecule has 0 bridgehead atoms. The molecule has 0 saturated carbocycles. The molecule has 1 aromatic heterocycles. The van der Waals surface area contributed by atoms with Crippen LogP contribution in [0.3, 0.4) is 0 Å². The second-order valence-electron chi connectivity index (χ2n) is 5.34. The fraction of sp³-hybridized carbons (Fsp3) is 0.353. The molecule has 0 radical (unpaired) electrons. The van der Waals surface area contributed by atoms with E-state index in [4.69, 9.17) is 27.9 Å². The third-order valence-corrected chi connectivity index (χ3v) is 4.48. The van der Waals surface area contributed by atoms with E-state index in [-0.39, 0.29) is 35.7 Å². The molecule has 0 atom stereocenters. The summed E-state index contributed by atoms with van der Waals surface area (Å²) in [5, 5.41) is 28.9. The summed E-state index contributed by atoms with van der Waals surface area (Å²) in [6, 6.07) is 3.23. The Morgan fingerprint density at radius 3 is 2.36 bits per heavy atom. The molecular weight excluding hydrogens is 369 g/mol. The normalized spacial score (nSPS) is 11.0. The number of hydrogen-bond acceptors (Lipinski definition) is 5. The average molecular weight is 388 g/mol. The third-order valence-electron chi connectivity index (χ3n) is 3.82. The predicted molar refractivity (Wildman–Crippen MR) is 94.6 cm³/mol. The van der Waals surface area contributed by atoms with E-state index in [9.17, 15) is 20.1 Å². The number of carbonyl (C=O) groups is 1. The van der Waals surface area contributed by atoms with Gasteiger partial charge in [0.15, 0.2) is 0 Å². The molecule has 2 aromatic rings. The lowest BCUT2D eigenvalue weighted by molar-refractivity contribution is 0.0499. The summed E-state index contributed by atoms with van der Waals surface area (Å²) < 4.78 is 5.06. The molecular formula is C17H19Cl2NO5. The van der Waals surface area contributed by atoms with Crippen molar-refractivity contribution in [2.75, 3.05) is 6.61 Å². The van der Waals surface area contributed by atoms with Crippen LogP contribution < -0.4 is 0 Å². The second kappa shape index (κ2) is 8.69. The Kier molecular flexibility index (Phi) is 6.87. The Bertz CT molecular complexity index is 773. The monoisotopic (exact) mass is 387 g/mol. The van der Waals surface area contributed by atoms with Crippen molar-refractivity contribution in [3.05, 3.63) is 44.7 Å². The molecule has 0 aliphatic heterocycles. The van der Waals surface area contributed by atoms with Crippen LogP contribution in [0.2, 0.25) is 10.2 Å². The van der Waals surface area contributed by atoms with Gasteiger partial charge in [0.1, 0.15) is 10.8 Å². The number of benzene rings is 1. The summed E-state index contributed by atoms with van der Waals surface area (Å²) in [4.78, 5) is 14.8. The van der Waals surface area contributed by atoms with Crippen LogP contribution in [-0.2, 0) is 24.6 Å². The molecule has 136 valence electrons. The van der Waals surface area contributed by atoms with E-state index >= 15 is 0 Å². The molecule has 4 N–H and O–H groups in total. The SMILES string of the molecule is CCCOC(=O)c1[nH]c(Cl)c(-c2ccc(CO)c(CO)c2CO)c1Cl. The van der Waals surface area contributed by atoms with Gasteiger partial charge in [-0.05, 0) is 28.7 Å². The maximum atomic E-state index is 12.1. The smallest absolute Gasteiger partial charge is 0.356 e. The number of esters is 1. The maximum Gasteiger partial charge on any atom is 0.356 e. The third kappa shape index (κ3) is 3.83. The van der Waals surface area contributed by atoms with Gasteiger partial charge < -0.3 is 25.0 Å². The van der Waals surface area contributed by atoms with Gasteiger partial charge in [-0.1, -0.05) is 42.3 Å². The zero-order valence-corrected chi connectivity index (χ0v) is 15.1. The molecule has 0 fully saturated rings. The first-order valence-electron chi connectivity index (χ1n) is 7.70. The van der Waals surface area contributed by atoms with Crippen LogP contribution in [0.5, 0.6) is 0 Å². The Morgan fingerprint density at radius 2 is 1.80 bits per heavy atom. The van der Waals surface area contributed by atoms with E-state index in [1.54, 1.807) is 12.1 Å². The lowest BCUT2D eigenvalue weighted by atomic mass is 9.93. The molecule has 25 heavy (non-hydrogen) atoms. The first-order chi connectivity index (χ1) is 12.0. The van der Waals surface area contributed by atoms with Crippen LogP contribution >= 0.6 is 23.2 Å². The summed E-state index contributed by atoms with van der Waals surface area (Å²) in [5.41, 5.74) is 2.08. The minimum Gasteiger partial charge on any atom is -0.461 e. The highest BCUT2D eigenvalue weighted by Crippen LogP contribution is 2.40. The molecule has 8 heteroatoms. The largest absolute Gasteiger partial charge is 0.461 e. The van der Waals surface area contributed by atoms with Gasteiger partial charge in [-0.15, -0.1) is 0 Å². The minimum atomic E-state index is -0.625. The van der Waals surface area contributed by atoms with E-state index < -0.39 is 12.6 Å². The van der Waals surface area contributed by atoms with Crippen molar-refractivity contribution in [1.29, 1.82) is 0 Å². The van der Waals surface area contributed by atoms with Crippen LogP contribution in [-0.4, -0.2) is 32.9 Å². The number of aliphatic hydroxyl groups excluding tert-OH is 3. The van der Waals surface area contributed by atoms with Gasteiger partial charge in [0.25, 0.3) is 0 Å². The van der Waals surface area contributed by atoms with Gasteiger partial charge in [-0.2, -0.15) is 0 Å². The molecule has 1 heterocycles. The molecule has 0 amide bonds. The quantitative estimate of drug-likeness (QED) is 0.546. The average Bonchev–Trinajstić information content (AvgIpc) is 2.92. The van der Waals surface area contributed by atoms with Crippen LogP contribution in [0.15, 0.2) is 12.1 Å². The molecule has 0 unspecified atom stereocenters. The van der Waals surface area contributed by atoms with E-state index in [2.05, 4.69) is 4.98 Å². The van der Waals surface area contributed by atoms with Crippen molar-refractivity contribution in [2.45, 2.75) is 33.2 Å². The molecule has 0 spiro atoms. The summed E-state index contributed by atoms with van der Waals surface area (Å²) >= 11 is 12.5. The molecule has 1 aromatic carbocycles. The Labute approximate surface area is 155 Å². The number of carbonyl (C=O) groups excluding carboxylic acids is 1. The van der Waals surface area contributed by atoms with Gasteiger partial charge in [-0.25, -0.2) is 4.79 Å². The number of halogens is 2. The fourth-order valence-electron chi connectivity index (χ4n) is 2.59. The number of nitrogens with one attached hydrogen (secondary N) is 1. The number of aromatic nitrogens is 1. The van der Waals surface area contributed by atoms with Crippen molar-refractivity contribution in [1.82, 2.24) is 4.98 Å². The van der Waals surface area contributed by atoms with E-state index in [1.165, 1.54) is 0 Å². The Balaban J connectivity index is 2.60. The number of H-pyrrole nitrogens is 1. The maximum absolute atomic E-state index is 12.1. The number of hydrogen-bond donors (Lipinski definition) is 4. The van der Waals surface area contributed by atoms with E-state index in [0.717, 1.165) is 0 Å². The van der Waals surface area contributed by atoms with E-state index in [0.29, 0.717) is 34.2 Å². The fourth-order valence-corrected chi connectivity index (χ4v) is 3.25. The molecule has 0 aliphatic carbocycles. The minimum absolute atomic E-state index is 0.0239. The van der Waals surface area contributed by atoms with Crippen molar-refractivity contribution >= 4 is 29.2 Å². The summed E-state index contributed by atoms with van der Waals surface area (Å²) in [6.45, 7) is 1.07. The first kappa shape index (κ1) is 19.8. The van der Waals surface area contributed by atoms with Crippen molar-refractivity contribution in [2.24, 2.45) is 0 Å². The van der Waals surface area contributed by atoms with Gasteiger partial charge in [0.2, 0.25) is 0 Å². The van der Waals surface area contributed by atoms with Crippen LogP contribution in [0.4, 0.5) is 0 Å². The highest BCUT2D eigenvalue weighted by atomic mass is 35.5. The molecule has 0 aliphatic rings. The van der Waals surface area contributed by atoms with Gasteiger partial charge in [0.05, 0.1) is 31.5 Å². The lowest BCUT2D eigenvalue weighted by Gasteiger charge is -2.15. The summed E-state index contributed by atoms with van der Waals surface area (Å²) in [6.07, 6.45) is 0.668. The Morgan fingerprint density at radius 1 is 1.12 bits per heavy atom. The van der Waals surface area contributed by atoms with Gasteiger partial charge in [0, 0.05) is 5.56 Å². The van der Waals surface area contributed by atoms with Crippen molar-refractivity contribution in [3.8, 4) is 11.1 Å². The van der Waals surface area contributed by atoms with E-state index in [1.807, 2.05) is 6.92 Å². The van der Waals surface area contributed by atoms with Crippen LogP contribution in [0, 0.1) is 0 Å². The van der Waals surface area contributed by atoms with Crippen molar-refractivity contribution in [3.63, 3.8) is 0 Å². The number of aliphatic hydroxyl groups is 3. The predicted octanol–water partition coefficient (Wildman–Crippen LogP) is 3.03. The summed E-state index contributed by atoms with van der Waals surface area (Å²) in [7, 11) is 0. The Hall–Kier alpha value is -1.57. The van der Waals surface area contributed by atoms with Crippen LogP contribution in [0.1, 0.15) is 40.5 Å². The zero-order chi connectivity index (χ0) is 18.6. The van der Waals surface area contributed by atoms with Gasteiger partial charge in [-0.3, -0.25) is 0 Å². The molecule has 0 saturated heterocycles. The second-order valence-corrected chi connectivity index (χ2v) is 6.10. The summed E-state index contributed by atoms with van der Waals surface area (Å²) in [5.74, 6) is -0.625. The molecule has 2 rings (SSSR count). The highest BCUT2D eigenvalue weighted by Gasteiger charge is 2.25. The number of aromatic amines is 1. The molecule has 6 nitrogen and oxygen atoms in total. The topological polar surface area (TPSA) is 103 Å². The van der Waals surface area contributed by atoms with Crippen molar-refractivity contribution < 1.29 is 24.9 Å². The number of ether oxygens (including phenoxy) is 1. The van der Waals surface area contributed by atoms with Crippen LogP contribution in [0.25, 0.3) is 11.1 Å². The van der Waals surface area contributed by atoms with Gasteiger partial charge >= 0.3 is 5.97 Å². The first-order valence-corrected chi connectivity index (χ1v) is 8.46. The highest BCUT2D eigenvalue weighted by molar-refractivity contribution is 6.41. The zero-order valence-electron chi connectivity index (χ0n) is 13.6.